The van der Waals surface area contributed by atoms with E-state index < -0.39 is 0 Å². The van der Waals surface area contributed by atoms with Crippen LogP contribution in [-0.2, 0) is 0 Å². The Labute approximate surface area is 117 Å². The Kier molecular flexibility index (Phi) is 3.32. The van der Waals surface area contributed by atoms with Crippen LogP contribution in [0.25, 0.3) is 10.8 Å². The van der Waals surface area contributed by atoms with Gasteiger partial charge in [0.1, 0.15) is 0 Å². The Morgan fingerprint density at radius 3 is 2.84 bits per heavy atom. The number of rotatable bonds is 3. The first-order chi connectivity index (χ1) is 9.31. The molecule has 0 aliphatic rings. The molecule has 0 spiro atoms. The fourth-order valence-electron chi connectivity index (χ4n) is 2.51. The predicted molar refractivity (Wildman–Crippen MR) is 81.7 cm³/mol. The lowest BCUT2D eigenvalue weighted by Gasteiger charge is -2.18. The lowest BCUT2D eigenvalue weighted by atomic mass is 9.97. The van der Waals surface area contributed by atoms with Crippen molar-refractivity contribution in [2.75, 3.05) is 7.05 Å². The van der Waals surface area contributed by atoms with Gasteiger partial charge in [-0.15, -0.1) is 11.3 Å². The number of aryl methyl sites for hydroxylation is 1. The van der Waals surface area contributed by atoms with E-state index in [1.54, 1.807) is 0 Å². The molecule has 2 heterocycles. The van der Waals surface area contributed by atoms with Crippen LogP contribution in [-0.4, -0.2) is 12.0 Å². The van der Waals surface area contributed by atoms with Crippen molar-refractivity contribution >= 4 is 22.1 Å². The minimum Gasteiger partial charge on any atom is -0.309 e. The summed E-state index contributed by atoms with van der Waals surface area (Å²) in [6.07, 6.45) is 3.78. The SMILES string of the molecule is CNC(c1sccc1C)c1cccc2cnccc12. The molecule has 1 atom stereocenters. The van der Waals surface area contributed by atoms with E-state index in [0.717, 1.165) is 0 Å². The molecule has 96 valence electrons. The van der Waals surface area contributed by atoms with Gasteiger partial charge >= 0.3 is 0 Å². The molecule has 0 fully saturated rings. The molecule has 1 unspecified atom stereocenters. The Bertz CT molecular complexity index is 697. The standard InChI is InChI=1S/C16H16N2S/c1-11-7-9-19-16(11)15(17-2)14-5-3-4-12-10-18-8-6-13(12)14/h3-10,15,17H,1-2H3. The topological polar surface area (TPSA) is 24.9 Å². The summed E-state index contributed by atoms with van der Waals surface area (Å²) in [5, 5.41) is 8.06. The van der Waals surface area contributed by atoms with Gasteiger partial charge in [-0.1, -0.05) is 18.2 Å². The van der Waals surface area contributed by atoms with Crippen molar-refractivity contribution in [1.29, 1.82) is 0 Å². The maximum atomic E-state index is 4.20. The molecule has 1 aromatic carbocycles. The predicted octanol–water partition coefficient (Wildman–Crippen LogP) is 3.91. The first kappa shape index (κ1) is 12.3. The number of hydrogen-bond acceptors (Lipinski definition) is 3. The van der Waals surface area contributed by atoms with E-state index in [1.807, 2.05) is 30.8 Å². The Hall–Kier alpha value is -1.71. The Morgan fingerprint density at radius 2 is 2.11 bits per heavy atom. The van der Waals surface area contributed by atoms with Gasteiger partial charge in [0, 0.05) is 22.7 Å². The summed E-state index contributed by atoms with van der Waals surface area (Å²) in [6, 6.07) is 10.9. The molecule has 0 aliphatic heterocycles. The zero-order chi connectivity index (χ0) is 13.2. The molecule has 0 amide bonds. The maximum Gasteiger partial charge on any atom is 0.0677 e. The van der Waals surface area contributed by atoms with Crippen LogP contribution in [0.3, 0.4) is 0 Å². The zero-order valence-electron chi connectivity index (χ0n) is 11.1. The third-order valence-electron chi connectivity index (χ3n) is 3.48. The van der Waals surface area contributed by atoms with E-state index >= 15 is 0 Å². The Balaban J connectivity index is 2.20. The number of nitrogens with one attached hydrogen (secondary N) is 1. The van der Waals surface area contributed by atoms with Gasteiger partial charge in [-0.2, -0.15) is 0 Å². The second-order valence-corrected chi connectivity index (χ2v) is 5.58. The number of nitrogens with zero attached hydrogens (tertiary/aromatic N) is 1. The van der Waals surface area contributed by atoms with Gasteiger partial charge in [0.2, 0.25) is 0 Å². The van der Waals surface area contributed by atoms with Gasteiger partial charge in [0.15, 0.2) is 0 Å². The summed E-state index contributed by atoms with van der Waals surface area (Å²) in [5.74, 6) is 0. The van der Waals surface area contributed by atoms with E-state index in [4.69, 9.17) is 0 Å². The molecule has 3 rings (SSSR count). The molecule has 1 N–H and O–H groups in total. The average molecular weight is 268 g/mol. The number of fused-ring (bicyclic) bond motifs is 1. The van der Waals surface area contributed by atoms with Crippen molar-refractivity contribution in [2.45, 2.75) is 13.0 Å². The highest BCUT2D eigenvalue weighted by atomic mass is 32.1. The van der Waals surface area contributed by atoms with E-state index in [0.29, 0.717) is 0 Å². The molecule has 0 radical (unpaired) electrons. The summed E-state index contributed by atoms with van der Waals surface area (Å²) in [7, 11) is 2.02. The minimum atomic E-state index is 0.242. The van der Waals surface area contributed by atoms with Crippen LogP contribution in [0, 0.1) is 6.92 Å². The second-order valence-electron chi connectivity index (χ2n) is 4.63. The summed E-state index contributed by atoms with van der Waals surface area (Å²) in [6.45, 7) is 2.17. The van der Waals surface area contributed by atoms with Gasteiger partial charge < -0.3 is 5.32 Å². The zero-order valence-corrected chi connectivity index (χ0v) is 11.9. The Morgan fingerprint density at radius 1 is 1.21 bits per heavy atom. The number of aromatic nitrogens is 1. The molecule has 3 heteroatoms. The van der Waals surface area contributed by atoms with Gasteiger partial charge in [0.25, 0.3) is 0 Å². The van der Waals surface area contributed by atoms with Crippen molar-refractivity contribution < 1.29 is 0 Å². The van der Waals surface area contributed by atoms with Crippen molar-refractivity contribution in [3.63, 3.8) is 0 Å². The molecule has 3 aromatic rings. The highest BCUT2D eigenvalue weighted by molar-refractivity contribution is 7.10. The van der Waals surface area contributed by atoms with E-state index in [2.05, 4.69) is 52.9 Å². The van der Waals surface area contributed by atoms with Crippen molar-refractivity contribution in [3.8, 4) is 0 Å². The molecule has 0 bridgehead atoms. The summed E-state index contributed by atoms with van der Waals surface area (Å²) in [4.78, 5) is 5.58. The number of benzene rings is 1. The molecular weight excluding hydrogens is 252 g/mol. The van der Waals surface area contributed by atoms with Crippen molar-refractivity contribution in [2.24, 2.45) is 0 Å². The quantitative estimate of drug-likeness (QED) is 0.779. The van der Waals surface area contributed by atoms with Gasteiger partial charge in [-0.05, 0) is 48.0 Å². The first-order valence-corrected chi connectivity index (χ1v) is 7.23. The molecule has 0 saturated carbocycles. The normalized spacial score (nSPS) is 12.7. The highest BCUT2D eigenvalue weighted by Gasteiger charge is 2.17. The fraction of sp³-hybridized carbons (Fsp3) is 0.188. The van der Waals surface area contributed by atoms with Crippen LogP contribution in [0.5, 0.6) is 0 Å². The number of hydrogen-bond donors (Lipinski definition) is 1. The number of thiophene rings is 1. The third-order valence-corrected chi connectivity index (χ3v) is 4.56. The summed E-state index contributed by atoms with van der Waals surface area (Å²) >= 11 is 1.81. The lowest BCUT2D eigenvalue weighted by molar-refractivity contribution is 0.705. The average Bonchev–Trinajstić information content (AvgIpc) is 2.86. The van der Waals surface area contributed by atoms with Crippen LogP contribution >= 0.6 is 11.3 Å². The van der Waals surface area contributed by atoms with Crippen LogP contribution in [0.2, 0.25) is 0 Å². The first-order valence-electron chi connectivity index (χ1n) is 6.35. The van der Waals surface area contributed by atoms with Crippen LogP contribution < -0.4 is 5.32 Å². The van der Waals surface area contributed by atoms with Crippen molar-refractivity contribution in [1.82, 2.24) is 10.3 Å². The molecule has 0 saturated heterocycles. The lowest BCUT2D eigenvalue weighted by Crippen LogP contribution is -2.17. The molecule has 2 nitrogen and oxygen atoms in total. The van der Waals surface area contributed by atoms with Crippen LogP contribution in [0.1, 0.15) is 22.0 Å². The van der Waals surface area contributed by atoms with Gasteiger partial charge in [0.05, 0.1) is 6.04 Å². The largest absolute Gasteiger partial charge is 0.309 e. The van der Waals surface area contributed by atoms with E-state index in [-0.39, 0.29) is 6.04 Å². The smallest absolute Gasteiger partial charge is 0.0677 e. The fourth-order valence-corrected chi connectivity index (χ4v) is 3.56. The van der Waals surface area contributed by atoms with E-state index in [9.17, 15) is 0 Å². The third kappa shape index (κ3) is 2.15. The number of pyridine rings is 1. The second kappa shape index (κ2) is 5.11. The highest BCUT2D eigenvalue weighted by Crippen LogP contribution is 2.32. The van der Waals surface area contributed by atoms with Crippen LogP contribution in [0.4, 0.5) is 0 Å². The molecular formula is C16H16N2S. The van der Waals surface area contributed by atoms with Gasteiger partial charge in [-0.25, -0.2) is 0 Å². The van der Waals surface area contributed by atoms with Crippen molar-refractivity contribution in [3.05, 3.63) is 64.1 Å². The van der Waals surface area contributed by atoms with E-state index in [1.165, 1.54) is 26.8 Å². The maximum absolute atomic E-state index is 4.20. The van der Waals surface area contributed by atoms with Gasteiger partial charge in [-0.3, -0.25) is 4.98 Å². The summed E-state index contributed by atoms with van der Waals surface area (Å²) < 4.78 is 0. The molecule has 19 heavy (non-hydrogen) atoms. The van der Waals surface area contributed by atoms with Crippen LogP contribution in [0.15, 0.2) is 48.1 Å². The minimum absolute atomic E-state index is 0.242. The summed E-state index contributed by atoms with van der Waals surface area (Å²) in [5.41, 5.74) is 2.66. The monoisotopic (exact) mass is 268 g/mol. The molecule has 0 aliphatic carbocycles. The molecule has 2 aromatic heterocycles.